The van der Waals surface area contributed by atoms with Crippen molar-refractivity contribution in [2.24, 2.45) is 0 Å². The quantitative estimate of drug-likeness (QED) is 0.693. The van der Waals surface area contributed by atoms with Gasteiger partial charge in [0.15, 0.2) is 0 Å². The van der Waals surface area contributed by atoms with Crippen molar-refractivity contribution < 1.29 is 0 Å². The van der Waals surface area contributed by atoms with E-state index in [0.717, 1.165) is 13.1 Å². The van der Waals surface area contributed by atoms with Gasteiger partial charge in [-0.3, -0.25) is 0 Å². The molecule has 1 aromatic carbocycles. The molecule has 2 heteroatoms. The molecule has 16 heavy (non-hydrogen) atoms. The Hall–Kier alpha value is -1.28. The van der Waals surface area contributed by atoms with Crippen LogP contribution in [0, 0.1) is 13.8 Å². The first kappa shape index (κ1) is 9.91. The Bertz CT molecular complexity index is 551. The van der Waals surface area contributed by atoms with Crippen LogP contribution in [-0.2, 0) is 6.54 Å². The van der Waals surface area contributed by atoms with E-state index in [-0.39, 0.29) is 0 Å². The largest absolute Gasteiger partial charge is 0.358 e. The number of aromatic nitrogens is 1. The smallest absolute Gasteiger partial charge is 0.0461 e. The van der Waals surface area contributed by atoms with Crippen LogP contribution >= 0.6 is 0 Å². The van der Waals surface area contributed by atoms with Gasteiger partial charge in [-0.2, -0.15) is 0 Å². The third-order valence-corrected chi connectivity index (χ3v) is 3.86. The Labute approximate surface area is 96.1 Å². The molecular formula is C14H18N2. The fraction of sp³-hybridized carbons (Fsp3) is 0.429. The normalized spacial score (nSPS) is 20.1. The summed E-state index contributed by atoms with van der Waals surface area (Å²) < 4.78 is 0. The van der Waals surface area contributed by atoms with Crippen molar-refractivity contribution in [2.75, 3.05) is 6.54 Å². The van der Waals surface area contributed by atoms with Crippen LogP contribution in [0.4, 0.5) is 0 Å². The monoisotopic (exact) mass is 214 g/mol. The summed E-state index contributed by atoms with van der Waals surface area (Å²) >= 11 is 0. The molecule has 0 fully saturated rings. The number of fused-ring (bicyclic) bond motifs is 2. The van der Waals surface area contributed by atoms with E-state index in [1.54, 1.807) is 0 Å². The minimum absolute atomic E-state index is 0.622. The van der Waals surface area contributed by atoms with E-state index in [1.807, 2.05) is 0 Å². The van der Waals surface area contributed by atoms with Crippen molar-refractivity contribution in [1.29, 1.82) is 0 Å². The predicted octanol–water partition coefficient (Wildman–Crippen LogP) is 2.99. The number of benzene rings is 1. The van der Waals surface area contributed by atoms with E-state index >= 15 is 0 Å². The van der Waals surface area contributed by atoms with Crippen LogP contribution in [0.1, 0.15) is 35.2 Å². The third kappa shape index (κ3) is 1.30. The molecule has 1 aromatic heterocycles. The first-order valence-electron chi connectivity index (χ1n) is 5.99. The van der Waals surface area contributed by atoms with Gasteiger partial charge in [0.05, 0.1) is 0 Å². The summed E-state index contributed by atoms with van der Waals surface area (Å²) in [5.41, 5.74) is 6.94. The van der Waals surface area contributed by atoms with E-state index in [4.69, 9.17) is 0 Å². The fourth-order valence-electron chi connectivity index (χ4n) is 2.72. The zero-order valence-corrected chi connectivity index (χ0v) is 10.1. The van der Waals surface area contributed by atoms with Crippen LogP contribution in [0.3, 0.4) is 0 Å². The summed E-state index contributed by atoms with van der Waals surface area (Å²) in [5, 5.41) is 4.85. The van der Waals surface area contributed by atoms with Gasteiger partial charge in [-0.05, 0) is 48.6 Å². The maximum Gasteiger partial charge on any atom is 0.0461 e. The van der Waals surface area contributed by atoms with Gasteiger partial charge in [-0.25, -0.2) is 0 Å². The van der Waals surface area contributed by atoms with Crippen LogP contribution in [-0.4, -0.2) is 11.5 Å². The Balaban J connectivity index is 2.30. The van der Waals surface area contributed by atoms with E-state index in [1.165, 1.54) is 33.3 Å². The molecular weight excluding hydrogens is 196 g/mol. The highest BCUT2D eigenvalue weighted by Crippen LogP contribution is 2.30. The average Bonchev–Trinajstić information content (AvgIpc) is 2.54. The lowest BCUT2D eigenvalue weighted by Crippen LogP contribution is -2.26. The Morgan fingerprint density at radius 2 is 2.06 bits per heavy atom. The van der Waals surface area contributed by atoms with Crippen molar-refractivity contribution in [3.63, 3.8) is 0 Å². The summed E-state index contributed by atoms with van der Waals surface area (Å²) in [7, 11) is 0. The van der Waals surface area contributed by atoms with Gasteiger partial charge in [-0.15, -0.1) is 0 Å². The highest BCUT2D eigenvalue weighted by molar-refractivity contribution is 5.86. The molecule has 0 amide bonds. The first-order chi connectivity index (χ1) is 7.66. The van der Waals surface area contributed by atoms with E-state index < -0.39 is 0 Å². The lowest BCUT2D eigenvalue weighted by Gasteiger charge is -2.23. The number of rotatable bonds is 0. The first-order valence-corrected chi connectivity index (χ1v) is 5.99. The number of hydrogen-bond donors (Lipinski definition) is 2. The predicted molar refractivity (Wildman–Crippen MR) is 67.9 cm³/mol. The zero-order chi connectivity index (χ0) is 11.3. The summed E-state index contributed by atoms with van der Waals surface area (Å²) in [5.74, 6) is 0.622. The van der Waals surface area contributed by atoms with Crippen LogP contribution in [0.2, 0.25) is 0 Å². The molecule has 1 atom stereocenters. The van der Waals surface area contributed by atoms with Gasteiger partial charge in [-0.1, -0.05) is 6.92 Å². The number of aryl methyl sites for hydroxylation is 2. The summed E-state index contributed by atoms with van der Waals surface area (Å²) in [6, 6.07) is 4.70. The second kappa shape index (κ2) is 3.36. The molecule has 0 spiro atoms. The molecule has 2 nitrogen and oxygen atoms in total. The molecule has 2 aromatic rings. The van der Waals surface area contributed by atoms with E-state index in [0.29, 0.717) is 5.92 Å². The third-order valence-electron chi connectivity index (χ3n) is 3.86. The molecule has 1 unspecified atom stereocenters. The van der Waals surface area contributed by atoms with Gasteiger partial charge in [0.2, 0.25) is 0 Å². The van der Waals surface area contributed by atoms with Gasteiger partial charge < -0.3 is 10.3 Å². The fourth-order valence-corrected chi connectivity index (χ4v) is 2.72. The molecule has 1 aliphatic heterocycles. The molecule has 1 aliphatic rings. The van der Waals surface area contributed by atoms with Crippen molar-refractivity contribution in [3.8, 4) is 0 Å². The molecule has 2 heterocycles. The van der Waals surface area contributed by atoms with Crippen LogP contribution in [0.15, 0.2) is 12.1 Å². The average molecular weight is 214 g/mol. The van der Waals surface area contributed by atoms with Crippen LogP contribution in [0.25, 0.3) is 10.9 Å². The molecule has 0 saturated carbocycles. The van der Waals surface area contributed by atoms with Gasteiger partial charge in [0.1, 0.15) is 0 Å². The summed E-state index contributed by atoms with van der Waals surface area (Å²) in [6.07, 6.45) is 0. The molecule has 0 radical (unpaired) electrons. The molecule has 84 valence electrons. The van der Waals surface area contributed by atoms with Crippen LogP contribution < -0.4 is 5.32 Å². The molecule has 0 aliphatic carbocycles. The number of aromatic amines is 1. The maximum atomic E-state index is 3.48. The van der Waals surface area contributed by atoms with Crippen molar-refractivity contribution in [1.82, 2.24) is 10.3 Å². The summed E-state index contributed by atoms with van der Waals surface area (Å²) in [4.78, 5) is 3.48. The second-order valence-corrected chi connectivity index (χ2v) is 5.00. The number of hydrogen-bond acceptors (Lipinski definition) is 1. The topological polar surface area (TPSA) is 27.8 Å². The van der Waals surface area contributed by atoms with Crippen LogP contribution in [0.5, 0.6) is 0 Å². The molecule has 0 bridgehead atoms. The van der Waals surface area contributed by atoms with Gasteiger partial charge in [0.25, 0.3) is 0 Å². The zero-order valence-electron chi connectivity index (χ0n) is 10.1. The van der Waals surface area contributed by atoms with Gasteiger partial charge in [0, 0.05) is 29.7 Å². The molecule has 3 rings (SSSR count). The van der Waals surface area contributed by atoms with E-state index in [9.17, 15) is 0 Å². The Kier molecular flexibility index (Phi) is 2.08. The highest BCUT2D eigenvalue weighted by Gasteiger charge is 2.17. The lowest BCUT2D eigenvalue weighted by atomic mass is 9.91. The minimum atomic E-state index is 0.622. The minimum Gasteiger partial charge on any atom is -0.358 e. The summed E-state index contributed by atoms with van der Waals surface area (Å²) in [6.45, 7) is 8.74. The maximum absolute atomic E-state index is 3.48. The number of H-pyrrole nitrogens is 1. The van der Waals surface area contributed by atoms with Crippen molar-refractivity contribution in [2.45, 2.75) is 33.2 Å². The SMILES string of the molecule is Cc1[nH]c2cc3c(cc2c1C)CNCC3C. The van der Waals surface area contributed by atoms with Crippen molar-refractivity contribution >= 4 is 10.9 Å². The lowest BCUT2D eigenvalue weighted by molar-refractivity contribution is 0.572. The highest BCUT2D eigenvalue weighted by atomic mass is 14.9. The Morgan fingerprint density at radius 1 is 1.25 bits per heavy atom. The Morgan fingerprint density at radius 3 is 2.88 bits per heavy atom. The number of nitrogens with one attached hydrogen (secondary N) is 2. The van der Waals surface area contributed by atoms with Gasteiger partial charge >= 0.3 is 0 Å². The second-order valence-electron chi connectivity index (χ2n) is 5.00. The molecule has 2 N–H and O–H groups in total. The van der Waals surface area contributed by atoms with Crippen molar-refractivity contribution in [3.05, 3.63) is 34.5 Å². The standard InChI is InChI=1S/C14H18N2/c1-8-6-15-7-11-4-13-9(2)10(3)16-14(13)5-12(8)11/h4-5,8,15-16H,6-7H2,1-3H3. The molecule has 0 saturated heterocycles. The van der Waals surface area contributed by atoms with E-state index in [2.05, 4.69) is 43.2 Å².